The molecular weight excluding hydrogens is 420 g/mol. The van der Waals surface area contributed by atoms with Gasteiger partial charge in [0.2, 0.25) is 0 Å². The van der Waals surface area contributed by atoms with Gasteiger partial charge in [-0.25, -0.2) is 0 Å². The molecule has 2 nitrogen and oxygen atoms in total. The van der Waals surface area contributed by atoms with Crippen LogP contribution in [0, 0.1) is 0 Å². The van der Waals surface area contributed by atoms with Gasteiger partial charge < -0.3 is 8.85 Å². The molecule has 0 aromatic heterocycles. The average molecular weight is 485 g/mol. The molecule has 0 spiro atoms. The van der Waals surface area contributed by atoms with E-state index in [1.165, 1.54) is 153 Å². The van der Waals surface area contributed by atoms with Crippen molar-refractivity contribution in [2.45, 2.75) is 181 Å². The highest BCUT2D eigenvalue weighted by Crippen LogP contribution is 2.26. The van der Waals surface area contributed by atoms with Gasteiger partial charge in [0.25, 0.3) is 0 Å². The summed E-state index contributed by atoms with van der Waals surface area (Å²) in [6.45, 7) is 10.5. The fourth-order valence-electron chi connectivity index (χ4n) is 5.10. The third kappa shape index (κ3) is 22.4. The number of unbranched alkanes of at least 4 members (excludes halogenated alkanes) is 20. The molecule has 0 aliphatic carbocycles. The first-order chi connectivity index (χ1) is 16.2. The van der Waals surface area contributed by atoms with Crippen molar-refractivity contribution in [2.24, 2.45) is 0 Å². The van der Waals surface area contributed by atoms with Gasteiger partial charge in [0, 0.05) is 13.2 Å². The summed E-state index contributed by atoms with van der Waals surface area (Å²) in [4.78, 5) is 0. The smallest absolute Gasteiger partial charge is 0.338 e. The Hall–Kier alpha value is 0.137. The lowest BCUT2D eigenvalue weighted by molar-refractivity contribution is 0.180. The summed E-state index contributed by atoms with van der Waals surface area (Å²) in [7, 11) is -1.98. The molecule has 0 bridgehead atoms. The molecule has 0 aromatic carbocycles. The van der Waals surface area contributed by atoms with Crippen LogP contribution in [0.2, 0.25) is 12.1 Å². The minimum atomic E-state index is -1.98. The summed E-state index contributed by atoms with van der Waals surface area (Å²) in [5.41, 5.74) is 0. The van der Waals surface area contributed by atoms with Crippen LogP contribution in [0.25, 0.3) is 0 Å². The summed E-state index contributed by atoms with van der Waals surface area (Å²) in [5, 5.41) is 0. The predicted molar refractivity (Wildman–Crippen MR) is 152 cm³/mol. The highest BCUT2D eigenvalue weighted by Gasteiger charge is 2.35. The summed E-state index contributed by atoms with van der Waals surface area (Å²) in [6, 6.07) is 2.42. The molecule has 0 radical (unpaired) electrons. The van der Waals surface area contributed by atoms with Gasteiger partial charge in [-0.05, 0) is 25.9 Å². The van der Waals surface area contributed by atoms with Crippen LogP contribution in [0.1, 0.15) is 169 Å². The second-order valence-corrected chi connectivity index (χ2v) is 13.7. The molecule has 0 heterocycles. The molecule has 0 aromatic rings. The van der Waals surface area contributed by atoms with Gasteiger partial charge in [-0.15, -0.1) is 0 Å². The van der Waals surface area contributed by atoms with Crippen LogP contribution in [0.3, 0.4) is 0 Å². The molecule has 33 heavy (non-hydrogen) atoms. The number of rotatable bonds is 28. The zero-order valence-electron chi connectivity index (χ0n) is 23.7. The van der Waals surface area contributed by atoms with Crippen molar-refractivity contribution in [2.75, 3.05) is 13.2 Å². The summed E-state index contributed by atoms with van der Waals surface area (Å²) < 4.78 is 12.7. The standard InChI is InChI=1S/C30H64O2Si/c1-5-9-11-13-15-17-19-20-22-24-26-28-30-33(31-7-3,32-8-4)29-27-25-23-21-18-16-14-12-10-6-2/h5-30H2,1-4H3. The van der Waals surface area contributed by atoms with E-state index in [1.54, 1.807) is 0 Å². The van der Waals surface area contributed by atoms with Crippen molar-refractivity contribution in [3.05, 3.63) is 0 Å². The fourth-order valence-corrected chi connectivity index (χ4v) is 8.64. The molecule has 0 atom stereocenters. The fraction of sp³-hybridized carbons (Fsp3) is 1.00. The Morgan fingerprint density at radius 3 is 0.818 bits per heavy atom. The first-order valence-corrected chi connectivity index (χ1v) is 17.8. The summed E-state index contributed by atoms with van der Waals surface area (Å²) >= 11 is 0. The molecule has 0 unspecified atom stereocenters. The van der Waals surface area contributed by atoms with Crippen LogP contribution < -0.4 is 0 Å². The molecule has 0 aliphatic rings. The maximum atomic E-state index is 6.37. The highest BCUT2D eigenvalue weighted by atomic mass is 28.4. The summed E-state index contributed by atoms with van der Waals surface area (Å²) in [6.07, 6.45) is 31.0. The number of hydrogen-bond acceptors (Lipinski definition) is 2. The second-order valence-electron chi connectivity index (χ2n) is 10.3. The van der Waals surface area contributed by atoms with Crippen LogP contribution >= 0.6 is 0 Å². The molecule has 0 amide bonds. The normalized spacial score (nSPS) is 12.0. The Balaban J connectivity index is 3.87. The highest BCUT2D eigenvalue weighted by molar-refractivity contribution is 6.67. The number of hydrogen-bond donors (Lipinski definition) is 0. The molecule has 0 saturated heterocycles. The Morgan fingerprint density at radius 2 is 0.576 bits per heavy atom. The third-order valence-electron chi connectivity index (χ3n) is 7.14. The van der Waals surface area contributed by atoms with Crippen LogP contribution in [0.4, 0.5) is 0 Å². The molecule has 0 rings (SSSR count). The molecule has 3 heteroatoms. The molecule has 0 N–H and O–H groups in total. The minimum absolute atomic E-state index is 0.822. The van der Waals surface area contributed by atoms with E-state index in [-0.39, 0.29) is 0 Å². The van der Waals surface area contributed by atoms with Crippen LogP contribution in [0.5, 0.6) is 0 Å². The first kappa shape index (κ1) is 33.1. The van der Waals surface area contributed by atoms with E-state index < -0.39 is 8.56 Å². The molecule has 0 fully saturated rings. The van der Waals surface area contributed by atoms with Gasteiger partial charge in [0.05, 0.1) is 0 Å². The maximum Gasteiger partial charge on any atom is 0.338 e. The zero-order valence-corrected chi connectivity index (χ0v) is 24.7. The Labute approximate surface area is 211 Å². The van der Waals surface area contributed by atoms with E-state index in [4.69, 9.17) is 8.85 Å². The van der Waals surface area contributed by atoms with Gasteiger partial charge in [0.1, 0.15) is 0 Å². The van der Waals surface area contributed by atoms with Gasteiger partial charge in [-0.1, -0.05) is 155 Å². The van der Waals surface area contributed by atoms with Crippen molar-refractivity contribution in [3.8, 4) is 0 Å². The zero-order chi connectivity index (χ0) is 24.3. The van der Waals surface area contributed by atoms with Crippen LogP contribution in [-0.4, -0.2) is 21.8 Å². The molecule has 0 aliphatic heterocycles. The lowest BCUT2D eigenvalue weighted by atomic mass is 10.1. The van der Waals surface area contributed by atoms with E-state index in [0.29, 0.717) is 0 Å². The van der Waals surface area contributed by atoms with Crippen molar-refractivity contribution in [3.63, 3.8) is 0 Å². The van der Waals surface area contributed by atoms with E-state index >= 15 is 0 Å². The van der Waals surface area contributed by atoms with Gasteiger partial charge >= 0.3 is 8.56 Å². The van der Waals surface area contributed by atoms with E-state index in [9.17, 15) is 0 Å². The lowest BCUT2D eigenvalue weighted by Crippen LogP contribution is -2.42. The van der Waals surface area contributed by atoms with Crippen molar-refractivity contribution >= 4 is 8.56 Å². The third-order valence-corrected chi connectivity index (χ3v) is 11.0. The lowest BCUT2D eigenvalue weighted by Gasteiger charge is -2.30. The monoisotopic (exact) mass is 484 g/mol. The first-order valence-electron chi connectivity index (χ1n) is 15.5. The SMILES string of the molecule is CCCCCCCCCCCCCC[Si](CCCCCCCCCCCC)(OCC)OCC. The van der Waals surface area contributed by atoms with Crippen molar-refractivity contribution in [1.29, 1.82) is 0 Å². The van der Waals surface area contributed by atoms with Crippen LogP contribution in [0.15, 0.2) is 0 Å². The Bertz CT molecular complexity index is 355. The quantitative estimate of drug-likeness (QED) is 0.0811. The van der Waals surface area contributed by atoms with Crippen molar-refractivity contribution < 1.29 is 8.85 Å². The Morgan fingerprint density at radius 1 is 0.333 bits per heavy atom. The summed E-state index contributed by atoms with van der Waals surface area (Å²) in [5.74, 6) is 0. The van der Waals surface area contributed by atoms with Crippen LogP contribution in [-0.2, 0) is 8.85 Å². The topological polar surface area (TPSA) is 18.5 Å². The molecular formula is C30H64O2Si. The molecule has 0 saturated carbocycles. The van der Waals surface area contributed by atoms with Gasteiger partial charge in [-0.2, -0.15) is 0 Å². The molecule has 200 valence electrons. The van der Waals surface area contributed by atoms with E-state index in [0.717, 1.165) is 13.2 Å². The Kier molecular flexibility index (Phi) is 26.8. The predicted octanol–water partition coefficient (Wildman–Crippen LogP) is 11.1. The van der Waals surface area contributed by atoms with Gasteiger partial charge in [-0.3, -0.25) is 0 Å². The second kappa shape index (κ2) is 26.7. The van der Waals surface area contributed by atoms with Crippen molar-refractivity contribution in [1.82, 2.24) is 0 Å². The van der Waals surface area contributed by atoms with Gasteiger partial charge in [0.15, 0.2) is 0 Å². The van der Waals surface area contributed by atoms with E-state index in [1.807, 2.05) is 0 Å². The maximum absolute atomic E-state index is 6.37. The average Bonchev–Trinajstić information content (AvgIpc) is 2.81. The minimum Gasteiger partial charge on any atom is -0.394 e. The largest absolute Gasteiger partial charge is 0.394 e. The van der Waals surface area contributed by atoms with E-state index in [2.05, 4.69) is 27.7 Å².